The molecule has 0 spiro atoms. The van der Waals surface area contributed by atoms with Crippen LogP contribution in [0.3, 0.4) is 0 Å². The summed E-state index contributed by atoms with van der Waals surface area (Å²) in [5, 5.41) is 2.00. The van der Waals surface area contributed by atoms with E-state index in [9.17, 15) is 4.79 Å². The smallest absolute Gasteiger partial charge is 0.265 e. The van der Waals surface area contributed by atoms with Crippen LogP contribution in [0, 0.1) is 5.92 Å². The van der Waals surface area contributed by atoms with Crippen molar-refractivity contribution in [2.75, 3.05) is 0 Å². The summed E-state index contributed by atoms with van der Waals surface area (Å²) in [5.41, 5.74) is 2.43. The molecular formula is C15H14BrN3OS. The van der Waals surface area contributed by atoms with Crippen molar-refractivity contribution in [2.24, 2.45) is 5.92 Å². The Labute approximate surface area is 134 Å². The number of thiophene rings is 1. The fourth-order valence-electron chi connectivity index (χ4n) is 2.14. The van der Waals surface area contributed by atoms with Crippen LogP contribution in [0.5, 0.6) is 0 Å². The van der Waals surface area contributed by atoms with E-state index in [0.29, 0.717) is 16.2 Å². The van der Waals surface area contributed by atoms with E-state index < -0.39 is 0 Å². The molecule has 1 N–H and O–H groups in total. The van der Waals surface area contributed by atoms with Crippen LogP contribution in [0.4, 0.5) is 0 Å². The first-order valence-corrected chi connectivity index (χ1v) is 8.34. The van der Waals surface area contributed by atoms with Gasteiger partial charge < -0.3 is 4.98 Å². The minimum atomic E-state index is -0.151. The predicted molar refractivity (Wildman–Crippen MR) is 89.7 cm³/mol. The van der Waals surface area contributed by atoms with Crippen molar-refractivity contribution in [1.29, 1.82) is 0 Å². The average molecular weight is 364 g/mol. The van der Waals surface area contributed by atoms with Gasteiger partial charge in [-0.15, -0.1) is 11.3 Å². The lowest BCUT2D eigenvalue weighted by atomic mass is 10.1. The molecule has 0 aromatic carbocycles. The number of hydrogen-bond acceptors (Lipinski definition) is 4. The van der Waals surface area contributed by atoms with E-state index in [1.165, 1.54) is 0 Å². The molecule has 0 atom stereocenters. The number of rotatable bonds is 3. The predicted octanol–water partition coefficient (Wildman–Crippen LogP) is 4.01. The zero-order valence-electron chi connectivity index (χ0n) is 11.7. The minimum absolute atomic E-state index is 0.151. The van der Waals surface area contributed by atoms with E-state index in [-0.39, 0.29) is 5.56 Å². The summed E-state index contributed by atoms with van der Waals surface area (Å²) in [6.07, 6.45) is 2.51. The third kappa shape index (κ3) is 2.91. The van der Waals surface area contributed by atoms with Crippen molar-refractivity contribution in [3.05, 3.63) is 44.2 Å². The molecule has 0 unspecified atom stereocenters. The van der Waals surface area contributed by atoms with E-state index in [0.717, 1.165) is 27.9 Å². The molecule has 3 aromatic heterocycles. The van der Waals surface area contributed by atoms with Crippen molar-refractivity contribution >= 4 is 37.5 Å². The first-order valence-electron chi connectivity index (χ1n) is 6.67. The molecule has 0 fully saturated rings. The largest absolute Gasteiger partial charge is 0.305 e. The van der Waals surface area contributed by atoms with E-state index in [2.05, 4.69) is 44.7 Å². The maximum Gasteiger partial charge on any atom is 0.265 e. The van der Waals surface area contributed by atoms with Crippen molar-refractivity contribution in [3.8, 4) is 11.4 Å². The summed E-state index contributed by atoms with van der Waals surface area (Å²) in [6.45, 7) is 4.21. The monoisotopic (exact) mass is 363 g/mol. The Morgan fingerprint density at radius 1 is 1.43 bits per heavy atom. The molecule has 21 heavy (non-hydrogen) atoms. The van der Waals surface area contributed by atoms with Crippen LogP contribution in [0.25, 0.3) is 21.6 Å². The topological polar surface area (TPSA) is 58.6 Å². The SMILES string of the molecule is CC(C)Cc1nc(-c2cnc3ccsc3c2)[nH]c(=O)c1Br. The van der Waals surface area contributed by atoms with Gasteiger partial charge in [-0.1, -0.05) is 13.8 Å². The third-order valence-electron chi connectivity index (χ3n) is 3.11. The molecule has 3 aromatic rings. The van der Waals surface area contributed by atoms with Crippen LogP contribution in [0.15, 0.2) is 33.0 Å². The van der Waals surface area contributed by atoms with E-state index >= 15 is 0 Å². The van der Waals surface area contributed by atoms with E-state index in [4.69, 9.17) is 0 Å². The van der Waals surface area contributed by atoms with Crippen LogP contribution in [-0.2, 0) is 6.42 Å². The van der Waals surface area contributed by atoms with E-state index in [1.54, 1.807) is 17.5 Å². The number of pyridine rings is 1. The number of H-pyrrole nitrogens is 1. The summed E-state index contributed by atoms with van der Waals surface area (Å²) in [6, 6.07) is 3.99. The van der Waals surface area contributed by atoms with Gasteiger partial charge in [0.05, 0.1) is 15.9 Å². The van der Waals surface area contributed by atoms with Crippen molar-refractivity contribution in [3.63, 3.8) is 0 Å². The molecule has 0 radical (unpaired) electrons. The summed E-state index contributed by atoms with van der Waals surface area (Å²) >= 11 is 4.96. The first kappa shape index (κ1) is 14.4. The van der Waals surface area contributed by atoms with Gasteiger partial charge in [0.25, 0.3) is 5.56 Å². The summed E-state index contributed by atoms with van der Waals surface area (Å²) in [4.78, 5) is 23.9. The first-order chi connectivity index (χ1) is 10.0. The van der Waals surface area contributed by atoms with E-state index in [1.807, 2.05) is 17.5 Å². The number of nitrogens with zero attached hydrogens (tertiary/aromatic N) is 2. The number of nitrogens with one attached hydrogen (secondary N) is 1. The summed E-state index contributed by atoms with van der Waals surface area (Å²) < 4.78 is 1.61. The second-order valence-corrected chi connectivity index (χ2v) is 7.04. The molecule has 0 aliphatic heterocycles. The molecule has 3 heterocycles. The molecule has 108 valence electrons. The van der Waals surface area contributed by atoms with Gasteiger partial charge in [-0.3, -0.25) is 9.78 Å². The lowest BCUT2D eigenvalue weighted by Crippen LogP contribution is -2.15. The Hall–Kier alpha value is -1.53. The van der Waals surface area contributed by atoms with Gasteiger partial charge in [-0.05, 0) is 45.8 Å². The highest BCUT2D eigenvalue weighted by Gasteiger charge is 2.12. The van der Waals surface area contributed by atoms with Crippen molar-refractivity contribution in [1.82, 2.24) is 15.0 Å². The number of halogens is 1. The molecule has 4 nitrogen and oxygen atoms in total. The Balaban J connectivity index is 2.12. The number of hydrogen-bond donors (Lipinski definition) is 1. The number of aromatic amines is 1. The fraction of sp³-hybridized carbons (Fsp3) is 0.267. The van der Waals surface area contributed by atoms with Gasteiger partial charge in [-0.2, -0.15) is 0 Å². The minimum Gasteiger partial charge on any atom is -0.305 e. The average Bonchev–Trinajstić information content (AvgIpc) is 2.90. The Bertz CT molecular complexity index is 853. The van der Waals surface area contributed by atoms with Gasteiger partial charge in [0.2, 0.25) is 0 Å². The Morgan fingerprint density at radius 3 is 3.00 bits per heavy atom. The lowest BCUT2D eigenvalue weighted by molar-refractivity contribution is 0.631. The molecule has 0 saturated carbocycles. The Kier molecular flexibility index (Phi) is 3.91. The zero-order valence-corrected chi connectivity index (χ0v) is 14.1. The maximum absolute atomic E-state index is 12.1. The second-order valence-electron chi connectivity index (χ2n) is 5.30. The molecule has 6 heteroatoms. The fourth-order valence-corrected chi connectivity index (χ4v) is 3.27. The standard InChI is InChI=1S/C15H14BrN3OS/c1-8(2)5-11-13(16)15(20)19-14(18-11)9-6-12-10(17-7-9)3-4-21-12/h3-4,6-8H,5H2,1-2H3,(H,18,19,20). The third-order valence-corrected chi connectivity index (χ3v) is 4.78. The highest BCUT2D eigenvalue weighted by molar-refractivity contribution is 9.10. The second kappa shape index (κ2) is 5.69. The van der Waals surface area contributed by atoms with Gasteiger partial charge in [-0.25, -0.2) is 4.98 Å². The van der Waals surface area contributed by atoms with Gasteiger partial charge in [0, 0.05) is 11.8 Å². The molecular weight excluding hydrogens is 350 g/mol. The number of fused-ring (bicyclic) bond motifs is 1. The Morgan fingerprint density at radius 2 is 2.24 bits per heavy atom. The van der Waals surface area contributed by atoms with Crippen LogP contribution in [0.2, 0.25) is 0 Å². The van der Waals surface area contributed by atoms with Crippen molar-refractivity contribution < 1.29 is 0 Å². The number of aromatic nitrogens is 3. The molecule has 0 aliphatic rings. The lowest BCUT2D eigenvalue weighted by Gasteiger charge is -2.08. The molecule has 0 amide bonds. The molecule has 0 bridgehead atoms. The highest BCUT2D eigenvalue weighted by Crippen LogP contribution is 2.24. The van der Waals surface area contributed by atoms with Gasteiger partial charge >= 0.3 is 0 Å². The summed E-state index contributed by atoms with van der Waals surface area (Å²) in [7, 11) is 0. The van der Waals surface area contributed by atoms with Gasteiger partial charge in [0.15, 0.2) is 0 Å². The molecule has 0 saturated heterocycles. The quantitative estimate of drug-likeness (QED) is 0.764. The normalized spacial score (nSPS) is 11.4. The van der Waals surface area contributed by atoms with Crippen LogP contribution in [-0.4, -0.2) is 15.0 Å². The highest BCUT2D eigenvalue weighted by atomic mass is 79.9. The molecule has 0 aliphatic carbocycles. The molecule has 3 rings (SSSR count). The van der Waals surface area contributed by atoms with Crippen LogP contribution in [0.1, 0.15) is 19.5 Å². The van der Waals surface area contributed by atoms with Crippen LogP contribution < -0.4 is 5.56 Å². The maximum atomic E-state index is 12.1. The van der Waals surface area contributed by atoms with Crippen molar-refractivity contribution in [2.45, 2.75) is 20.3 Å². The summed E-state index contributed by atoms with van der Waals surface area (Å²) in [5.74, 6) is 1.00. The zero-order chi connectivity index (χ0) is 15.0. The van der Waals surface area contributed by atoms with Crippen LogP contribution >= 0.6 is 27.3 Å². The van der Waals surface area contributed by atoms with Gasteiger partial charge in [0.1, 0.15) is 10.3 Å².